The molecule has 1 heterocycles. The Morgan fingerprint density at radius 2 is 1.74 bits per heavy atom. The number of nitrogens with one attached hydrogen (secondary N) is 1. The lowest BCUT2D eigenvalue weighted by molar-refractivity contribution is 0.0936. The fraction of sp³-hybridized carbons (Fsp3) is 0.667. The molecule has 0 unspecified atom stereocenters. The third-order valence-corrected chi connectivity index (χ3v) is 3.56. The molecule has 0 bridgehead atoms. The van der Waals surface area contributed by atoms with E-state index >= 15 is 0 Å². The first-order chi connectivity index (χ1) is 8.82. The van der Waals surface area contributed by atoms with Crippen LogP contribution in [0.2, 0.25) is 0 Å². The molecule has 4 nitrogen and oxygen atoms in total. The zero-order valence-electron chi connectivity index (χ0n) is 12.8. The van der Waals surface area contributed by atoms with Gasteiger partial charge in [0.25, 0.3) is 5.91 Å². The number of aryl methyl sites for hydroxylation is 2. The molecular weight excluding hydrogens is 238 g/mol. The van der Waals surface area contributed by atoms with Crippen molar-refractivity contribution in [1.82, 2.24) is 15.5 Å². The fourth-order valence-corrected chi connectivity index (χ4v) is 2.33. The third kappa shape index (κ3) is 4.30. The molecule has 19 heavy (non-hydrogen) atoms. The molecule has 1 amide bonds. The minimum atomic E-state index is -0.0539. The van der Waals surface area contributed by atoms with E-state index in [9.17, 15) is 4.79 Å². The maximum Gasteiger partial charge on any atom is 0.253 e. The Kier molecular flexibility index (Phi) is 5.45. The molecule has 1 rings (SSSR count). The van der Waals surface area contributed by atoms with Gasteiger partial charge in [-0.25, -0.2) is 0 Å². The summed E-state index contributed by atoms with van der Waals surface area (Å²) in [7, 11) is 0. The van der Waals surface area contributed by atoms with Crippen LogP contribution >= 0.6 is 0 Å². The highest BCUT2D eigenvalue weighted by molar-refractivity contribution is 5.95. The summed E-state index contributed by atoms with van der Waals surface area (Å²) in [6.07, 6.45) is 0. The number of amides is 1. The van der Waals surface area contributed by atoms with Crippen LogP contribution in [-0.2, 0) is 0 Å². The summed E-state index contributed by atoms with van der Waals surface area (Å²) < 4.78 is 0. The van der Waals surface area contributed by atoms with Crippen molar-refractivity contribution in [2.75, 3.05) is 6.54 Å². The predicted molar refractivity (Wildman–Crippen MR) is 77.0 cm³/mol. The van der Waals surface area contributed by atoms with E-state index in [4.69, 9.17) is 0 Å². The Morgan fingerprint density at radius 1 is 1.16 bits per heavy atom. The molecule has 0 radical (unpaired) electrons. The van der Waals surface area contributed by atoms with Crippen LogP contribution in [-0.4, -0.2) is 22.6 Å². The first-order valence-corrected chi connectivity index (χ1v) is 6.92. The molecule has 106 valence electrons. The van der Waals surface area contributed by atoms with E-state index in [1.807, 2.05) is 13.8 Å². The average molecular weight is 263 g/mol. The number of aromatic nitrogens is 2. The van der Waals surface area contributed by atoms with Crippen molar-refractivity contribution in [3.8, 4) is 0 Å². The molecule has 0 aliphatic rings. The molecule has 0 saturated heterocycles. The summed E-state index contributed by atoms with van der Waals surface area (Å²) in [4.78, 5) is 12.2. The van der Waals surface area contributed by atoms with Gasteiger partial charge < -0.3 is 5.32 Å². The van der Waals surface area contributed by atoms with Gasteiger partial charge in [-0.1, -0.05) is 27.7 Å². The predicted octanol–water partition coefficient (Wildman–Crippen LogP) is 2.75. The monoisotopic (exact) mass is 263 g/mol. The van der Waals surface area contributed by atoms with Gasteiger partial charge in [0, 0.05) is 6.54 Å². The van der Waals surface area contributed by atoms with Crippen molar-refractivity contribution in [3.63, 3.8) is 0 Å². The molecule has 1 aromatic rings. The van der Waals surface area contributed by atoms with Crippen LogP contribution in [0.25, 0.3) is 0 Å². The third-order valence-electron chi connectivity index (χ3n) is 3.56. The Labute approximate surface area is 116 Å². The SMILES string of the molecule is Cc1cc(C(=O)NCC(C(C)C)C(C)C)c(C)nn1. The van der Waals surface area contributed by atoms with Crippen LogP contribution in [0.5, 0.6) is 0 Å². The molecule has 1 aromatic heterocycles. The second-order valence-electron chi connectivity index (χ2n) is 5.85. The van der Waals surface area contributed by atoms with Crippen LogP contribution in [0, 0.1) is 31.6 Å². The quantitative estimate of drug-likeness (QED) is 0.888. The molecule has 0 aliphatic carbocycles. The van der Waals surface area contributed by atoms with Crippen LogP contribution in [0.15, 0.2) is 6.07 Å². The lowest BCUT2D eigenvalue weighted by Gasteiger charge is -2.25. The number of nitrogens with zero attached hydrogens (tertiary/aromatic N) is 2. The number of hydrogen-bond donors (Lipinski definition) is 1. The van der Waals surface area contributed by atoms with Crippen LogP contribution in [0.3, 0.4) is 0 Å². The molecule has 1 N–H and O–H groups in total. The van der Waals surface area contributed by atoms with Gasteiger partial charge in [0.1, 0.15) is 0 Å². The Balaban J connectivity index is 2.72. The highest BCUT2D eigenvalue weighted by Crippen LogP contribution is 2.19. The molecule has 0 saturated carbocycles. The van der Waals surface area contributed by atoms with Gasteiger partial charge >= 0.3 is 0 Å². The summed E-state index contributed by atoms with van der Waals surface area (Å²) in [5, 5.41) is 11.0. The number of rotatable bonds is 5. The Bertz CT molecular complexity index is 433. The van der Waals surface area contributed by atoms with Crippen molar-refractivity contribution >= 4 is 5.91 Å². The van der Waals surface area contributed by atoms with Crippen molar-refractivity contribution in [3.05, 3.63) is 23.0 Å². The van der Waals surface area contributed by atoms with Crippen molar-refractivity contribution < 1.29 is 4.79 Å². The minimum Gasteiger partial charge on any atom is -0.352 e. The maximum absolute atomic E-state index is 12.2. The molecule has 0 aromatic carbocycles. The first kappa shape index (κ1) is 15.6. The summed E-state index contributed by atoms with van der Waals surface area (Å²) in [6, 6.07) is 1.79. The number of hydrogen-bond acceptors (Lipinski definition) is 3. The van der Waals surface area contributed by atoms with E-state index in [1.165, 1.54) is 0 Å². The zero-order chi connectivity index (χ0) is 14.6. The molecule has 0 fully saturated rings. The van der Waals surface area contributed by atoms with Crippen molar-refractivity contribution in [2.24, 2.45) is 17.8 Å². The maximum atomic E-state index is 12.2. The largest absolute Gasteiger partial charge is 0.352 e. The molecule has 4 heteroatoms. The van der Waals surface area contributed by atoms with E-state index in [0.717, 1.165) is 5.69 Å². The summed E-state index contributed by atoms with van der Waals surface area (Å²) in [5.41, 5.74) is 2.06. The fourth-order valence-electron chi connectivity index (χ4n) is 2.33. The van der Waals surface area contributed by atoms with Crippen LogP contribution in [0.1, 0.15) is 49.4 Å². The van der Waals surface area contributed by atoms with Crippen LogP contribution < -0.4 is 5.32 Å². The number of carbonyl (C=O) groups excluding carboxylic acids is 1. The Morgan fingerprint density at radius 3 is 2.26 bits per heavy atom. The van der Waals surface area contributed by atoms with Gasteiger partial charge in [0.2, 0.25) is 0 Å². The lowest BCUT2D eigenvalue weighted by Crippen LogP contribution is -2.34. The van der Waals surface area contributed by atoms with Crippen molar-refractivity contribution in [1.29, 1.82) is 0 Å². The van der Waals surface area contributed by atoms with E-state index in [0.29, 0.717) is 35.6 Å². The van der Waals surface area contributed by atoms with Gasteiger partial charge in [-0.2, -0.15) is 10.2 Å². The van der Waals surface area contributed by atoms with E-state index in [-0.39, 0.29) is 5.91 Å². The van der Waals surface area contributed by atoms with Crippen LogP contribution in [0.4, 0.5) is 0 Å². The van der Waals surface area contributed by atoms with E-state index < -0.39 is 0 Å². The van der Waals surface area contributed by atoms with Crippen molar-refractivity contribution in [2.45, 2.75) is 41.5 Å². The highest BCUT2D eigenvalue weighted by Gasteiger charge is 2.19. The summed E-state index contributed by atoms with van der Waals surface area (Å²) >= 11 is 0. The lowest BCUT2D eigenvalue weighted by atomic mass is 9.85. The molecule has 0 atom stereocenters. The smallest absolute Gasteiger partial charge is 0.253 e. The van der Waals surface area contributed by atoms with E-state index in [1.54, 1.807) is 6.07 Å². The van der Waals surface area contributed by atoms with Gasteiger partial charge in [-0.05, 0) is 37.7 Å². The van der Waals surface area contributed by atoms with Gasteiger partial charge in [-0.15, -0.1) is 0 Å². The van der Waals surface area contributed by atoms with E-state index in [2.05, 4.69) is 43.2 Å². The van der Waals surface area contributed by atoms with Gasteiger partial charge in [-0.3, -0.25) is 4.79 Å². The highest BCUT2D eigenvalue weighted by atomic mass is 16.1. The molecule has 0 spiro atoms. The van der Waals surface area contributed by atoms with Gasteiger partial charge in [0.05, 0.1) is 17.0 Å². The minimum absolute atomic E-state index is 0.0539. The standard InChI is InChI=1S/C15H25N3O/c1-9(2)14(10(3)4)8-16-15(19)13-7-11(5)17-18-12(13)6/h7,9-10,14H,8H2,1-6H3,(H,16,19). The summed E-state index contributed by atoms with van der Waals surface area (Å²) in [6.45, 7) is 13.1. The Hall–Kier alpha value is -1.45. The van der Waals surface area contributed by atoms with Gasteiger partial charge in [0.15, 0.2) is 0 Å². The second kappa shape index (κ2) is 6.64. The average Bonchev–Trinajstić information content (AvgIpc) is 2.31. The normalized spacial score (nSPS) is 11.4. The topological polar surface area (TPSA) is 54.9 Å². The zero-order valence-corrected chi connectivity index (χ0v) is 12.8. The first-order valence-electron chi connectivity index (χ1n) is 6.92. The molecular formula is C15H25N3O. The number of carbonyl (C=O) groups is 1. The molecule has 0 aliphatic heterocycles. The summed E-state index contributed by atoms with van der Waals surface area (Å²) in [5.74, 6) is 1.54. The second-order valence-corrected chi connectivity index (χ2v) is 5.85.